The number of nitrogens with one attached hydrogen (secondary N) is 1. The largest absolute Gasteiger partial charge is 0.423 e. The molecule has 98 valence electrons. The molecule has 0 saturated heterocycles. The molecule has 1 heterocycles. The van der Waals surface area contributed by atoms with E-state index in [2.05, 4.69) is 15.5 Å². The van der Waals surface area contributed by atoms with Crippen molar-refractivity contribution in [1.29, 1.82) is 0 Å². The summed E-state index contributed by atoms with van der Waals surface area (Å²) in [6, 6.07) is 7.21. The Balaban J connectivity index is 1.71. The van der Waals surface area contributed by atoms with E-state index in [0.717, 1.165) is 24.8 Å². The lowest BCUT2D eigenvalue weighted by atomic mass is 9.77. The number of rotatable bonds is 3. The van der Waals surface area contributed by atoms with Gasteiger partial charge in [0.2, 0.25) is 18.2 Å². The molecule has 2 aromatic rings. The van der Waals surface area contributed by atoms with Gasteiger partial charge < -0.3 is 15.5 Å². The lowest BCUT2D eigenvalue weighted by Gasteiger charge is -2.36. The van der Waals surface area contributed by atoms with E-state index in [-0.39, 0.29) is 5.91 Å². The average Bonchev–Trinajstić information content (AvgIpc) is 2.90. The molecule has 0 aliphatic heterocycles. The van der Waals surface area contributed by atoms with Crippen molar-refractivity contribution in [2.75, 3.05) is 5.32 Å². The average molecular weight is 258 g/mol. The van der Waals surface area contributed by atoms with Crippen LogP contribution in [0.5, 0.6) is 0 Å². The van der Waals surface area contributed by atoms with Gasteiger partial charge in [0, 0.05) is 11.3 Å². The Hall–Kier alpha value is -2.21. The van der Waals surface area contributed by atoms with Gasteiger partial charge in [0.25, 0.3) is 0 Å². The zero-order valence-electron chi connectivity index (χ0n) is 10.3. The van der Waals surface area contributed by atoms with E-state index in [1.54, 1.807) is 12.1 Å². The second-order valence-electron chi connectivity index (χ2n) is 4.79. The van der Waals surface area contributed by atoms with Crippen LogP contribution in [0.1, 0.15) is 19.3 Å². The summed E-state index contributed by atoms with van der Waals surface area (Å²) in [5, 5.41) is 10.3. The predicted molar refractivity (Wildman–Crippen MR) is 69.1 cm³/mol. The second-order valence-corrected chi connectivity index (χ2v) is 4.79. The summed E-state index contributed by atoms with van der Waals surface area (Å²) < 4.78 is 5.09. The number of hydrogen-bond donors (Lipinski definition) is 2. The van der Waals surface area contributed by atoms with Crippen LogP contribution in [0.4, 0.5) is 5.69 Å². The maximum atomic E-state index is 12.0. The van der Waals surface area contributed by atoms with Crippen molar-refractivity contribution in [1.82, 2.24) is 10.2 Å². The molecular weight excluding hydrogens is 244 g/mol. The van der Waals surface area contributed by atoms with E-state index < -0.39 is 5.54 Å². The summed E-state index contributed by atoms with van der Waals surface area (Å²) in [7, 11) is 0. The van der Waals surface area contributed by atoms with Gasteiger partial charge in [-0.25, -0.2) is 0 Å². The molecule has 6 nitrogen and oxygen atoms in total. The highest BCUT2D eigenvalue weighted by molar-refractivity contribution is 5.98. The number of aromatic nitrogens is 2. The van der Waals surface area contributed by atoms with E-state index in [1.807, 2.05) is 12.1 Å². The van der Waals surface area contributed by atoms with Gasteiger partial charge in [0.05, 0.1) is 5.54 Å². The third-order valence-corrected chi connectivity index (χ3v) is 3.45. The first-order chi connectivity index (χ1) is 9.17. The van der Waals surface area contributed by atoms with Crippen molar-refractivity contribution in [2.24, 2.45) is 5.73 Å². The van der Waals surface area contributed by atoms with Crippen LogP contribution in [0.3, 0.4) is 0 Å². The van der Waals surface area contributed by atoms with Gasteiger partial charge in [-0.2, -0.15) is 0 Å². The number of nitrogens with zero attached hydrogens (tertiary/aromatic N) is 2. The van der Waals surface area contributed by atoms with Gasteiger partial charge in [-0.05, 0) is 43.5 Å². The molecule has 0 spiro atoms. The summed E-state index contributed by atoms with van der Waals surface area (Å²) in [5.41, 5.74) is 6.79. The maximum Gasteiger partial charge on any atom is 0.247 e. The normalized spacial score (nSPS) is 16.7. The third-order valence-electron chi connectivity index (χ3n) is 3.45. The summed E-state index contributed by atoms with van der Waals surface area (Å²) in [6.07, 6.45) is 3.79. The monoisotopic (exact) mass is 258 g/mol. The Labute approximate surface area is 110 Å². The number of amides is 1. The third kappa shape index (κ3) is 2.22. The van der Waals surface area contributed by atoms with E-state index in [1.165, 1.54) is 6.39 Å². The fourth-order valence-electron chi connectivity index (χ4n) is 2.04. The molecular formula is C13H14N4O2. The molecule has 1 aromatic heterocycles. The molecule has 6 heteroatoms. The molecule has 1 amide bonds. The van der Waals surface area contributed by atoms with E-state index >= 15 is 0 Å². The van der Waals surface area contributed by atoms with Crippen molar-refractivity contribution in [3.05, 3.63) is 30.7 Å². The van der Waals surface area contributed by atoms with Crippen LogP contribution in [-0.4, -0.2) is 21.6 Å². The van der Waals surface area contributed by atoms with E-state index in [9.17, 15) is 4.79 Å². The zero-order chi connectivity index (χ0) is 13.3. The molecule has 3 rings (SSSR count). The van der Waals surface area contributed by atoms with Crippen LogP contribution < -0.4 is 11.1 Å². The number of hydrogen-bond acceptors (Lipinski definition) is 5. The molecule has 3 N–H and O–H groups in total. The predicted octanol–water partition coefficient (Wildman–Crippen LogP) is 1.56. The van der Waals surface area contributed by atoms with Crippen molar-refractivity contribution >= 4 is 11.6 Å². The quantitative estimate of drug-likeness (QED) is 0.871. The zero-order valence-corrected chi connectivity index (χ0v) is 10.3. The van der Waals surface area contributed by atoms with Gasteiger partial charge in [-0.1, -0.05) is 0 Å². The summed E-state index contributed by atoms with van der Waals surface area (Å²) in [6.45, 7) is 0. The van der Waals surface area contributed by atoms with Crippen LogP contribution >= 0.6 is 0 Å². The SMILES string of the molecule is NC1(C(=O)Nc2ccc(-c3nnco3)cc2)CCC1. The topological polar surface area (TPSA) is 94.0 Å². The Morgan fingerprint density at radius 2 is 2.05 bits per heavy atom. The Kier molecular flexibility index (Phi) is 2.79. The standard InChI is InChI=1S/C13H14N4O2/c14-13(6-1-7-13)12(18)16-10-4-2-9(3-5-10)11-17-15-8-19-11/h2-5,8H,1,6-7,14H2,(H,16,18). The highest BCUT2D eigenvalue weighted by Gasteiger charge is 2.40. The minimum absolute atomic E-state index is 0.121. The fraction of sp³-hybridized carbons (Fsp3) is 0.308. The molecule has 0 radical (unpaired) electrons. The van der Waals surface area contributed by atoms with Gasteiger partial charge >= 0.3 is 0 Å². The molecule has 1 saturated carbocycles. The van der Waals surface area contributed by atoms with Crippen LogP contribution in [-0.2, 0) is 4.79 Å². The van der Waals surface area contributed by atoms with Crippen molar-refractivity contribution in [2.45, 2.75) is 24.8 Å². The highest BCUT2D eigenvalue weighted by Crippen LogP contribution is 2.30. The first-order valence-electron chi connectivity index (χ1n) is 6.14. The molecule has 0 bridgehead atoms. The highest BCUT2D eigenvalue weighted by atomic mass is 16.4. The van der Waals surface area contributed by atoms with Crippen molar-refractivity contribution in [3.8, 4) is 11.5 Å². The fourth-order valence-corrected chi connectivity index (χ4v) is 2.04. The smallest absolute Gasteiger partial charge is 0.247 e. The van der Waals surface area contributed by atoms with Crippen LogP contribution in [0, 0.1) is 0 Å². The minimum atomic E-state index is -0.689. The van der Waals surface area contributed by atoms with E-state index in [4.69, 9.17) is 10.2 Å². The Morgan fingerprint density at radius 3 is 2.58 bits per heavy atom. The van der Waals surface area contributed by atoms with Crippen LogP contribution in [0.25, 0.3) is 11.5 Å². The minimum Gasteiger partial charge on any atom is -0.423 e. The van der Waals surface area contributed by atoms with E-state index in [0.29, 0.717) is 11.6 Å². The second kappa shape index (κ2) is 4.47. The van der Waals surface area contributed by atoms with Gasteiger partial charge in [-0.15, -0.1) is 10.2 Å². The van der Waals surface area contributed by atoms with Crippen molar-refractivity contribution < 1.29 is 9.21 Å². The molecule has 19 heavy (non-hydrogen) atoms. The number of anilines is 1. The summed E-state index contributed by atoms with van der Waals surface area (Å²) in [5.74, 6) is 0.330. The summed E-state index contributed by atoms with van der Waals surface area (Å²) >= 11 is 0. The lowest BCUT2D eigenvalue weighted by Crippen LogP contribution is -2.56. The van der Waals surface area contributed by atoms with Crippen LogP contribution in [0.15, 0.2) is 35.1 Å². The number of carbonyl (C=O) groups is 1. The van der Waals surface area contributed by atoms with Gasteiger partial charge in [-0.3, -0.25) is 4.79 Å². The molecule has 1 aliphatic rings. The molecule has 1 aromatic carbocycles. The first kappa shape index (κ1) is 11.9. The Bertz CT molecular complexity index is 573. The first-order valence-corrected chi connectivity index (χ1v) is 6.14. The molecule has 1 aliphatic carbocycles. The van der Waals surface area contributed by atoms with Gasteiger partial charge in [0.1, 0.15) is 0 Å². The lowest BCUT2D eigenvalue weighted by molar-refractivity contribution is -0.123. The van der Waals surface area contributed by atoms with Crippen molar-refractivity contribution in [3.63, 3.8) is 0 Å². The summed E-state index contributed by atoms with van der Waals surface area (Å²) in [4.78, 5) is 12.0. The van der Waals surface area contributed by atoms with Crippen LogP contribution in [0.2, 0.25) is 0 Å². The number of benzene rings is 1. The number of nitrogens with two attached hydrogens (primary N) is 1. The molecule has 1 fully saturated rings. The van der Waals surface area contributed by atoms with Gasteiger partial charge in [0.15, 0.2) is 0 Å². The molecule has 0 unspecified atom stereocenters. The molecule has 0 atom stereocenters. The maximum absolute atomic E-state index is 12.0. The number of carbonyl (C=O) groups excluding carboxylic acids is 1. The Morgan fingerprint density at radius 1 is 1.32 bits per heavy atom.